The van der Waals surface area contributed by atoms with E-state index in [1.165, 1.54) is 4.68 Å². The summed E-state index contributed by atoms with van der Waals surface area (Å²) in [5.41, 5.74) is 7.29. The molecule has 2 aromatic rings. The summed E-state index contributed by atoms with van der Waals surface area (Å²) >= 11 is 5.94. The normalized spacial score (nSPS) is 10.5. The van der Waals surface area contributed by atoms with Crippen molar-refractivity contribution >= 4 is 29.0 Å². The minimum atomic E-state index is -0.382. The number of carbonyl (C=O) groups is 1. The first-order chi connectivity index (χ1) is 9.04. The van der Waals surface area contributed by atoms with Gasteiger partial charge in [-0.3, -0.25) is 9.48 Å². The molecule has 0 aliphatic rings. The van der Waals surface area contributed by atoms with Gasteiger partial charge in [-0.2, -0.15) is 5.10 Å². The van der Waals surface area contributed by atoms with E-state index < -0.39 is 0 Å². The van der Waals surface area contributed by atoms with Gasteiger partial charge in [0.05, 0.1) is 16.4 Å². The Morgan fingerprint density at radius 1 is 1.58 bits per heavy atom. The van der Waals surface area contributed by atoms with E-state index in [1.54, 1.807) is 25.4 Å². The third-order valence-corrected chi connectivity index (χ3v) is 3.01. The lowest BCUT2D eigenvalue weighted by atomic mass is 10.2. The van der Waals surface area contributed by atoms with Gasteiger partial charge in [-0.1, -0.05) is 18.5 Å². The van der Waals surface area contributed by atoms with E-state index in [4.69, 9.17) is 17.3 Å². The second-order valence-corrected chi connectivity index (χ2v) is 4.38. The highest BCUT2D eigenvalue weighted by atomic mass is 35.5. The standard InChI is InChI=1S/C12H14ClN5O/c1-3-8-9(14)10(18(2)17-8)12(19)16-11-7(13)5-4-6-15-11/h4-6H,3,14H2,1-2H3,(H,15,16,19). The maximum absolute atomic E-state index is 12.2. The Morgan fingerprint density at radius 2 is 2.32 bits per heavy atom. The molecule has 100 valence electrons. The van der Waals surface area contributed by atoms with Gasteiger partial charge in [0, 0.05) is 13.2 Å². The van der Waals surface area contributed by atoms with Crippen LogP contribution in [0.4, 0.5) is 11.5 Å². The van der Waals surface area contributed by atoms with Crippen molar-refractivity contribution in [1.29, 1.82) is 0 Å². The number of halogens is 1. The number of nitrogens with zero attached hydrogens (tertiary/aromatic N) is 3. The summed E-state index contributed by atoms with van der Waals surface area (Å²) in [5.74, 6) is -0.0828. The zero-order valence-corrected chi connectivity index (χ0v) is 11.4. The topological polar surface area (TPSA) is 85.8 Å². The Bertz CT molecular complexity index is 623. The molecule has 0 fully saturated rings. The van der Waals surface area contributed by atoms with Crippen LogP contribution in [0.15, 0.2) is 18.3 Å². The molecule has 0 atom stereocenters. The lowest BCUT2D eigenvalue weighted by Crippen LogP contribution is -2.18. The lowest BCUT2D eigenvalue weighted by molar-refractivity contribution is 0.101. The summed E-state index contributed by atoms with van der Waals surface area (Å²) in [7, 11) is 1.67. The smallest absolute Gasteiger partial charge is 0.277 e. The number of hydrogen-bond donors (Lipinski definition) is 2. The fraction of sp³-hybridized carbons (Fsp3) is 0.250. The van der Waals surface area contributed by atoms with Crippen LogP contribution in [0.2, 0.25) is 5.02 Å². The lowest BCUT2D eigenvalue weighted by Gasteiger charge is -2.06. The number of pyridine rings is 1. The van der Waals surface area contributed by atoms with Crippen LogP contribution in [-0.4, -0.2) is 20.7 Å². The number of nitrogen functional groups attached to an aromatic ring is 1. The van der Waals surface area contributed by atoms with Crippen molar-refractivity contribution in [3.05, 3.63) is 34.7 Å². The first kappa shape index (κ1) is 13.4. The van der Waals surface area contributed by atoms with Gasteiger partial charge in [0.25, 0.3) is 5.91 Å². The molecule has 6 nitrogen and oxygen atoms in total. The molecule has 0 aliphatic carbocycles. The Hall–Kier alpha value is -2.08. The number of aryl methyl sites for hydroxylation is 2. The highest BCUT2D eigenvalue weighted by Gasteiger charge is 2.20. The Balaban J connectivity index is 2.31. The zero-order chi connectivity index (χ0) is 14.0. The van der Waals surface area contributed by atoms with Crippen molar-refractivity contribution in [2.75, 3.05) is 11.1 Å². The van der Waals surface area contributed by atoms with Gasteiger partial charge in [0.1, 0.15) is 5.69 Å². The van der Waals surface area contributed by atoms with Crippen LogP contribution in [0.3, 0.4) is 0 Å². The van der Waals surface area contributed by atoms with E-state index >= 15 is 0 Å². The number of rotatable bonds is 3. The van der Waals surface area contributed by atoms with Crippen LogP contribution in [0.25, 0.3) is 0 Å². The molecule has 19 heavy (non-hydrogen) atoms. The van der Waals surface area contributed by atoms with Crippen molar-refractivity contribution in [2.45, 2.75) is 13.3 Å². The molecule has 0 bridgehead atoms. The van der Waals surface area contributed by atoms with Gasteiger partial charge < -0.3 is 11.1 Å². The Morgan fingerprint density at radius 3 is 2.89 bits per heavy atom. The number of aromatic nitrogens is 3. The van der Waals surface area contributed by atoms with Crippen molar-refractivity contribution in [3.63, 3.8) is 0 Å². The van der Waals surface area contributed by atoms with Crippen LogP contribution < -0.4 is 11.1 Å². The number of anilines is 2. The van der Waals surface area contributed by atoms with Crippen molar-refractivity contribution in [2.24, 2.45) is 7.05 Å². The first-order valence-electron chi connectivity index (χ1n) is 5.77. The van der Waals surface area contributed by atoms with E-state index in [2.05, 4.69) is 15.4 Å². The van der Waals surface area contributed by atoms with Crippen molar-refractivity contribution < 1.29 is 4.79 Å². The number of nitrogens with one attached hydrogen (secondary N) is 1. The largest absolute Gasteiger partial charge is 0.395 e. The third-order valence-electron chi connectivity index (χ3n) is 2.70. The maximum Gasteiger partial charge on any atom is 0.277 e. The van der Waals surface area contributed by atoms with E-state index in [0.717, 1.165) is 0 Å². The van der Waals surface area contributed by atoms with Gasteiger partial charge >= 0.3 is 0 Å². The molecule has 3 N–H and O–H groups in total. The zero-order valence-electron chi connectivity index (χ0n) is 10.6. The van der Waals surface area contributed by atoms with E-state index in [-0.39, 0.29) is 5.91 Å². The molecule has 0 spiro atoms. The summed E-state index contributed by atoms with van der Waals surface area (Å²) < 4.78 is 1.46. The second kappa shape index (κ2) is 5.27. The van der Waals surface area contributed by atoms with Gasteiger partial charge in [0.2, 0.25) is 0 Å². The number of amides is 1. The van der Waals surface area contributed by atoms with Crippen LogP contribution in [0.1, 0.15) is 23.1 Å². The molecule has 0 radical (unpaired) electrons. The SMILES string of the molecule is CCc1nn(C)c(C(=O)Nc2ncccc2Cl)c1N. The number of nitrogens with two attached hydrogens (primary N) is 1. The van der Waals surface area contributed by atoms with Gasteiger partial charge in [0.15, 0.2) is 5.82 Å². The summed E-state index contributed by atoms with van der Waals surface area (Å²) in [5, 5.41) is 7.18. The van der Waals surface area contributed by atoms with Crippen molar-refractivity contribution in [3.8, 4) is 0 Å². The monoisotopic (exact) mass is 279 g/mol. The van der Waals surface area contributed by atoms with Crippen LogP contribution >= 0.6 is 11.6 Å². The fourth-order valence-corrected chi connectivity index (χ4v) is 1.94. The Kier molecular flexibility index (Phi) is 3.71. The second-order valence-electron chi connectivity index (χ2n) is 3.97. The van der Waals surface area contributed by atoms with E-state index in [9.17, 15) is 4.79 Å². The molecule has 0 saturated heterocycles. The quantitative estimate of drug-likeness (QED) is 0.898. The molecule has 0 aliphatic heterocycles. The molecule has 0 unspecified atom stereocenters. The number of hydrogen-bond acceptors (Lipinski definition) is 4. The highest BCUT2D eigenvalue weighted by Crippen LogP contribution is 2.21. The molecule has 2 rings (SSSR count). The predicted octanol–water partition coefficient (Wildman–Crippen LogP) is 1.87. The first-order valence-corrected chi connectivity index (χ1v) is 6.15. The molecule has 2 aromatic heterocycles. The minimum absolute atomic E-state index is 0.299. The molecule has 2 heterocycles. The van der Waals surface area contributed by atoms with E-state index in [0.29, 0.717) is 34.3 Å². The molecule has 1 amide bonds. The van der Waals surface area contributed by atoms with Crippen LogP contribution in [0, 0.1) is 0 Å². The van der Waals surface area contributed by atoms with Crippen LogP contribution in [-0.2, 0) is 13.5 Å². The molecule has 0 aromatic carbocycles. The fourth-order valence-electron chi connectivity index (χ4n) is 1.77. The molecule has 0 saturated carbocycles. The van der Waals surface area contributed by atoms with Crippen molar-refractivity contribution in [1.82, 2.24) is 14.8 Å². The van der Waals surface area contributed by atoms with Gasteiger partial charge in [-0.25, -0.2) is 4.98 Å². The maximum atomic E-state index is 12.2. The summed E-state index contributed by atoms with van der Waals surface area (Å²) in [4.78, 5) is 16.2. The average Bonchev–Trinajstić information content (AvgIpc) is 2.67. The highest BCUT2D eigenvalue weighted by molar-refractivity contribution is 6.33. The average molecular weight is 280 g/mol. The summed E-state index contributed by atoms with van der Waals surface area (Å²) in [6.07, 6.45) is 2.21. The molecular weight excluding hydrogens is 266 g/mol. The molecular formula is C12H14ClN5O. The van der Waals surface area contributed by atoms with E-state index in [1.807, 2.05) is 6.92 Å². The van der Waals surface area contributed by atoms with Crippen LogP contribution in [0.5, 0.6) is 0 Å². The molecule has 7 heteroatoms. The third kappa shape index (κ3) is 2.53. The van der Waals surface area contributed by atoms with Gasteiger partial charge in [-0.15, -0.1) is 0 Å². The summed E-state index contributed by atoms with van der Waals surface area (Å²) in [6.45, 7) is 1.93. The predicted molar refractivity (Wildman–Crippen MR) is 74.2 cm³/mol. The minimum Gasteiger partial charge on any atom is -0.395 e. The number of carbonyl (C=O) groups excluding carboxylic acids is 1. The summed E-state index contributed by atoms with van der Waals surface area (Å²) in [6, 6.07) is 3.33. The van der Waals surface area contributed by atoms with Gasteiger partial charge in [-0.05, 0) is 18.6 Å². The Labute approximate surface area is 115 Å².